The third kappa shape index (κ3) is 2.15. The van der Waals surface area contributed by atoms with Gasteiger partial charge in [0.15, 0.2) is 0 Å². The first-order valence-electron chi connectivity index (χ1n) is 5.04. The first-order valence-corrected chi connectivity index (χ1v) is 5.04. The Bertz CT molecular complexity index is 420. The van der Waals surface area contributed by atoms with Gasteiger partial charge in [0.05, 0.1) is 0 Å². The maximum absolute atomic E-state index is 5.55. The highest BCUT2D eigenvalue weighted by Gasteiger charge is 2.07. The average molecular weight is 198 g/mol. The molecule has 0 aliphatic heterocycles. The molecule has 1 heterocycles. The predicted molar refractivity (Wildman–Crippen MR) is 62.6 cm³/mol. The van der Waals surface area contributed by atoms with E-state index in [0.29, 0.717) is 11.7 Å². The van der Waals surface area contributed by atoms with E-state index in [0.717, 1.165) is 0 Å². The summed E-state index contributed by atoms with van der Waals surface area (Å²) in [4.78, 5) is 4.10. The van der Waals surface area contributed by atoms with Crippen LogP contribution in [0.5, 0.6) is 0 Å². The molecule has 2 aromatic rings. The number of nitrogens with zero attached hydrogens (tertiary/aromatic N) is 1. The average Bonchev–Trinajstić information content (AvgIpc) is 2.30. The van der Waals surface area contributed by atoms with Gasteiger partial charge in [0.2, 0.25) is 0 Å². The first kappa shape index (κ1) is 9.71. The molecule has 1 aromatic heterocycles. The third-order valence-corrected chi connectivity index (χ3v) is 2.61. The van der Waals surface area contributed by atoms with Crippen LogP contribution in [0.3, 0.4) is 0 Å². The summed E-state index contributed by atoms with van der Waals surface area (Å²) in [7, 11) is 0. The van der Waals surface area contributed by atoms with Crippen LogP contribution in [0.1, 0.15) is 24.0 Å². The quantitative estimate of drug-likeness (QED) is 0.805. The standard InChI is InChI=1S/C13H14N2/c1-10(11-5-3-2-4-6-11)12-7-8-13(14)15-9-12/h2-10H,1H3,(H2,14,15). The number of hydrogen-bond acceptors (Lipinski definition) is 2. The molecule has 2 N–H and O–H groups in total. The summed E-state index contributed by atoms with van der Waals surface area (Å²) in [6.45, 7) is 2.17. The molecule has 0 radical (unpaired) electrons. The third-order valence-electron chi connectivity index (χ3n) is 2.61. The molecule has 76 valence electrons. The topological polar surface area (TPSA) is 38.9 Å². The van der Waals surface area contributed by atoms with Gasteiger partial charge in [-0.3, -0.25) is 0 Å². The van der Waals surface area contributed by atoms with Gasteiger partial charge in [-0.25, -0.2) is 4.98 Å². The van der Waals surface area contributed by atoms with Gasteiger partial charge in [-0.2, -0.15) is 0 Å². The predicted octanol–water partition coefficient (Wildman–Crippen LogP) is 2.82. The molecule has 2 nitrogen and oxygen atoms in total. The number of pyridine rings is 1. The van der Waals surface area contributed by atoms with Gasteiger partial charge in [0, 0.05) is 12.1 Å². The first-order chi connectivity index (χ1) is 7.27. The van der Waals surface area contributed by atoms with Gasteiger partial charge in [-0.05, 0) is 17.2 Å². The molecule has 1 unspecified atom stereocenters. The summed E-state index contributed by atoms with van der Waals surface area (Å²) in [6, 6.07) is 14.3. The Labute approximate surface area is 89.8 Å². The number of aromatic nitrogens is 1. The van der Waals surface area contributed by atoms with Gasteiger partial charge in [-0.15, -0.1) is 0 Å². The lowest BCUT2D eigenvalue weighted by molar-refractivity contribution is 0.912. The van der Waals surface area contributed by atoms with Crippen LogP contribution in [0.25, 0.3) is 0 Å². The van der Waals surface area contributed by atoms with Crippen molar-refractivity contribution in [2.24, 2.45) is 0 Å². The molecule has 0 aliphatic rings. The highest BCUT2D eigenvalue weighted by atomic mass is 14.8. The van der Waals surface area contributed by atoms with Gasteiger partial charge >= 0.3 is 0 Å². The number of benzene rings is 1. The molecule has 0 bridgehead atoms. The summed E-state index contributed by atoms with van der Waals surface area (Å²) in [5.41, 5.74) is 8.04. The molecule has 0 saturated carbocycles. The maximum atomic E-state index is 5.55. The fourth-order valence-corrected chi connectivity index (χ4v) is 1.61. The molecule has 0 fully saturated rings. The molecule has 1 aromatic carbocycles. The fourth-order valence-electron chi connectivity index (χ4n) is 1.61. The minimum absolute atomic E-state index is 0.360. The number of nitrogen functional groups attached to an aromatic ring is 1. The number of nitrogens with two attached hydrogens (primary N) is 1. The van der Waals surface area contributed by atoms with Crippen LogP contribution >= 0.6 is 0 Å². The normalized spacial score (nSPS) is 12.3. The molecule has 0 saturated heterocycles. The number of rotatable bonds is 2. The second-order valence-electron chi connectivity index (χ2n) is 3.65. The lowest BCUT2D eigenvalue weighted by Crippen LogP contribution is -1.97. The van der Waals surface area contributed by atoms with E-state index in [1.807, 2.05) is 24.4 Å². The van der Waals surface area contributed by atoms with Gasteiger partial charge in [0.1, 0.15) is 5.82 Å². The van der Waals surface area contributed by atoms with Crippen molar-refractivity contribution in [2.75, 3.05) is 5.73 Å². The molecule has 0 amide bonds. The van der Waals surface area contributed by atoms with Crippen LogP contribution in [-0.2, 0) is 0 Å². The highest BCUT2D eigenvalue weighted by molar-refractivity contribution is 5.35. The summed E-state index contributed by atoms with van der Waals surface area (Å²) in [6.07, 6.45) is 1.84. The van der Waals surface area contributed by atoms with Gasteiger partial charge in [0.25, 0.3) is 0 Å². The maximum Gasteiger partial charge on any atom is 0.123 e. The molecule has 2 rings (SSSR count). The zero-order chi connectivity index (χ0) is 10.7. The zero-order valence-electron chi connectivity index (χ0n) is 8.72. The SMILES string of the molecule is CC(c1ccccc1)c1ccc(N)nc1. The van der Waals surface area contributed by atoms with Crippen molar-refractivity contribution in [3.63, 3.8) is 0 Å². The second kappa shape index (κ2) is 4.13. The number of hydrogen-bond donors (Lipinski definition) is 1. The van der Waals surface area contributed by atoms with E-state index in [2.05, 4.69) is 36.2 Å². The van der Waals surface area contributed by atoms with E-state index < -0.39 is 0 Å². The van der Waals surface area contributed by atoms with E-state index in [1.165, 1.54) is 11.1 Å². The summed E-state index contributed by atoms with van der Waals surface area (Å²) in [5.74, 6) is 0.929. The van der Waals surface area contributed by atoms with Crippen LogP contribution in [0.2, 0.25) is 0 Å². The summed E-state index contributed by atoms with van der Waals surface area (Å²) in [5, 5.41) is 0. The molecule has 1 atom stereocenters. The Morgan fingerprint density at radius 1 is 1.00 bits per heavy atom. The van der Waals surface area contributed by atoms with Crippen molar-refractivity contribution in [3.05, 3.63) is 59.8 Å². The Morgan fingerprint density at radius 3 is 2.33 bits per heavy atom. The molecule has 15 heavy (non-hydrogen) atoms. The molecule has 0 spiro atoms. The van der Waals surface area contributed by atoms with Crippen LogP contribution in [-0.4, -0.2) is 4.98 Å². The smallest absolute Gasteiger partial charge is 0.123 e. The van der Waals surface area contributed by atoms with Crippen molar-refractivity contribution < 1.29 is 0 Å². The van der Waals surface area contributed by atoms with Crippen molar-refractivity contribution in [3.8, 4) is 0 Å². The fraction of sp³-hybridized carbons (Fsp3) is 0.154. The minimum Gasteiger partial charge on any atom is -0.384 e. The molecular weight excluding hydrogens is 184 g/mol. The number of anilines is 1. The van der Waals surface area contributed by atoms with Crippen LogP contribution < -0.4 is 5.73 Å². The lowest BCUT2D eigenvalue weighted by Gasteiger charge is -2.11. The van der Waals surface area contributed by atoms with Crippen molar-refractivity contribution in [1.82, 2.24) is 4.98 Å². The van der Waals surface area contributed by atoms with E-state index in [4.69, 9.17) is 5.73 Å². The molecular formula is C13H14N2. The summed E-state index contributed by atoms with van der Waals surface area (Å²) >= 11 is 0. The van der Waals surface area contributed by atoms with E-state index in [-0.39, 0.29) is 0 Å². The monoisotopic (exact) mass is 198 g/mol. The largest absolute Gasteiger partial charge is 0.384 e. The van der Waals surface area contributed by atoms with E-state index in [9.17, 15) is 0 Å². The highest BCUT2D eigenvalue weighted by Crippen LogP contribution is 2.23. The lowest BCUT2D eigenvalue weighted by atomic mass is 9.95. The Hall–Kier alpha value is -1.83. The van der Waals surface area contributed by atoms with Crippen LogP contribution in [0, 0.1) is 0 Å². The Morgan fingerprint density at radius 2 is 1.73 bits per heavy atom. The second-order valence-corrected chi connectivity index (χ2v) is 3.65. The van der Waals surface area contributed by atoms with E-state index in [1.54, 1.807) is 0 Å². The van der Waals surface area contributed by atoms with Crippen molar-refractivity contribution in [1.29, 1.82) is 0 Å². The van der Waals surface area contributed by atoms with Crippen molar-refractivity contribution >= 4 is 5.82 Å². The van der Waals surface area contributed by atoms with Crippen LogP contribution in [0.4, 0.5) is 5.82 Å². The Kier molecular flexibility index (Phi) is 2.68. The van der Waals surface area contributed by atoms with Crippen LogP contribution in [0.15, 0.2) is 48.7 Å². The van der Waals surface area contributed by atoms with E-state index >= 15 is 0 Å². The van der Waals surface area contributed by atoms with Crippen molar-refractivity contribution in [2.45, 2.75) is 12.8 Å². The molecule has 0 aliphatic carbocycles. The Balaban J connectivity index is 2.29. The van der Waals surface area contributed by atoms with Gasteiger partial charge in [-0.1, -0.05) is 43.3 Å². The zero-order valence-corrected chi connectivity index (χ0v) is 8.72. The molecule has 2 heteroatoms. The minimum atomic E-state index is 0.360. The van der Waals surface area contributed by atoms with Gasteiger partial charge < -0.3 is 5.73 Å². The summed E-state index contributed by atoms with van der Waals surface area (Å²) < 4.78 is 0.